The number of phenolic OH excluding ortho intramolecular Hbond substituents is 1. The summed E-state index contributed by atoms with van der Waals surface area (Å²) >= 11 is 0. The number of piperidine rings is 1. The number of phenols is 1. The highest BCUT2D eigenvalue weighted by molar-refractivity contribution is 5.91. The van der Waals surface area contributed by atoms with Crippen molar-refractivity contribution in [3.8, 4) is 45.7 Å². The fourth-order valence-electron chi connectivity index (χ4n) is 7.05. The summed E-state index contributed by atoms with van der Waals surface area (Å²) in [6.07, 6.45) is 6.13. The molecule has 1 atom stereocenters. The maximum absolute atomic E-state index is 15.1. The highest BCUT2D eigenvalue weighted by atomic mass is 19.1. The van der Waals surface area contributed by atoms with E-state index in [-0.39, 0.29) is 23.1 Å². The Morgan fingerprint density at radius 2 is 1.73 bits per heavy atom. The number of methoxy groups -OCH3 is 2. The highest BCUT2D eigenvalue weighted by Gasteiger charge is 2.32. The lowest BCUT2D eigenvalue weighted by Gasteiger charge is -2.39. The molecule has 0 spiro atoms. The van der Waals surface area contributed by atoms with Crippen molar-refractivity contribution < 1.29 is 42.9 Å². The number of carbonyl (C=O) groups is 2. The first-order chi connectivity index (χ1) is 28.3. The van der Waals surface area contributed by atoms with E-state index in [1.54, 1.807) is 29.2 Å². The second-order valence-electron chi connectivity index (χ2n) is 15.4. The molecular weight excluding hydrogens is 758 g/mol. The number of hydroxylamine groups is 1. The van der Waals surface area contributed by atoms with Gasteiger partial charge in [-0.05, 0) is 93.5 Å². The Kier molecular flexibility index (Phi) is 13.7. The number of aromatic hydroxyl groups is 1. The molecule has 14 heteroatoms. The molecule has 2 N–H and O–H groups in total. The number of hydrogen-bond acceptors (Lipinski definition) is 11. The van der Waals surface area contributed by atoms with Gasteiger partial charge in [0.15, 0.2) is 17.8 Å². The molecule has 3 aromatic carbocycles. The van der Waals surface area contributed by atoms with Crippen molar-refractivity contribution in [2.45, 2.75) is 77.4 Å². The van der Waals surface area contributed by atoms with E-state index in [1.807, 2.05) is 57.2 Å². The quantitative estimate of drug-likeness (QED) is 0.105. The van der Waals surface area contributed by atoms with Crippen LogP contribution in [0.1, 0.15) is 69.6 Å². The molecule has 2 amide bonds. The number of pyridine rings is 1. The monoisotopic (exact) mass is 807 g/mol. The van der Waals surface area contributed by atoms with Crippen molar-refractivity contribution in [1.29, 1.82) is 5.26 Å². The lowest BCUT2D eigenvalue weighted by atomic mass is 9.96. The molecule has 0 bridgehead atoms. The van der Waals surface area contributed by atoms with Crippen LogP contribution in [0.2, 0.25) is 0 Å². The van der Waals surface area contributed by atoms with Gasteiger partial charge in [0.25, 0.3) is 5.91 Å². The molecule has 3 heterocycles. The van der Waals surface area contributed by atoms with E-state index in [1.165, 1.54) is 38.5 Å². The summed E-state index contributed by atoms with van der Waals surface area (Å²) in [5.74, 6) is 0.136. The van der Waals surface area contributed by atoms with Crippen LogP contribution in [0.5, 0.6) is 17.2 Å². The summed E-state index contributed by atoms with van der Waals surface area (Å²) < 4.78 is 37.6. The minimum atomic E-state index is -0.706. The Labute approximate surface area is 343 Å². The number of nitrogens with one attached hydrogen (secondary N) is 1. The molecule has 2 saturated heterocycles. The number of carbonyl (C=O) groups excluding carboxylic acids is 2. The number of nitrogens with zero attached hydrogens (tertiary/aromatic N) is 4. The third-order valence-corrected chi connectivity index (χ3v) is 10.1. The highest BCUT2D eigenvalue weighted by Crippen LogP contribution is 2.43. The first-order valence-electron chi connectivity index (χ1n) is 19.6. The van der Waals surface area contributed by atoms with Gasteiger partial charge >= 0.3 is 6.09 Å². The van der Waals surface area contributed by atoms with Gasteiger partial charge in [-0.3, -0.25) is 4.79 Å². The summed E-state index contributed by atoms with van der Waals surface area (Å²) in [6, 6.07) is 20.3. The number of hydrogen-bond donors (Lipinski definition) is 2. The third-order valence-electron chi connectivity index (χ3n) is 10.1. The Hall–Kier alpha value is -6.17. The van der Waals surface area contributed by atoms with Crippen LogP contribution in [-0.2, 0) is 25.7 Å². The van der Waals surface area contributed by atoms with Gasteiger partial charge < -0.3 is 33.9 Å². The molecule has 59 heavy (non-hydrogen) atoms. The Balaban J connectivity index is 1.20. The maximum atomic E-state index is 15.1. The van der Waals surface area contributed by atoms with Gasteiger partial charge in [0.2, 0.25) is 0 Å². The minimum Gasteiger partial charge on any atom is -0.504 e. The van der Waals surface area contributed by atoms with Crippen LogP contribution in [0, 0.1) is 17.1 Å². The van der Waals surface area contributed by atoms with Crippen LogP contribution in [0.4, 0.5) is 15.0 Å². The summed E-state index contributed by atoms with van der Waals surface area (Å²) in [6.45, 7) is 7.50. The zero-order valence-electron chi connectivity index (χ0n) is 34.0. The van der Waals surface area contributed by atoms with Crippen LogP contribution < -0.4 is 19.9 Å². The minimum absolute atomic E-state index is 0.0893. The summed E-state index contributed by atoms with van der Waals surface area (Å²) in [5, 5.41) is 20.1. The van der Waals surface area contributed by atoms with E-state index in [4.69, 9.17) is 28.8 Å². The first kappa shape index (κ1) is 42.4. The van der Waals surface area contributed by atoms with Crippen molar-refractivity contribution in [3.05, 3.63) is 95.3 Å². The number of nitriles is 1. The number of amides is 2. The zero-order chi connectivity index (χ0) is 42.1. The zero-order valence-corrected chi connectivity index (χ0v) is 34.0. The molecule has 0 radical (unpaired) electrons. The van der Waals surface area contributed by atoms with Gasteiger partial charge in [-0.25, -0.2) is 24.5 Å². The van der Waals surface area contributed by atoms with Crippen LogP contribution in [-0.4, -0.2) is 78.8 Å². The summed E-state index contributed by atoms with van der Waals surface area (Å²) in [7, 11) is 2.99. The van der Waals surface area contributed by atoms with Gasteiger partial charge in [-0.15, -0.1) is 0 Å². The fraction of sp³-hybridized carbons (Fsp3) is 0.378. The molecule has 0 saturated carbocycles. The Morgan fingerprint density at radius 3 is 2.36 bits per heavy atom. The topological polar surface area (TPSA) is 156 Å². The van der Waals surface area contributed by atoms with Gasteiger partial charge in [0, 0.05) is 56.4 Å². The van der Waals surface area contributed by atoms with Gasteiger partial charge in [-0.1, -0.05) is 36.4 Å². The predicted molar refractivity (Wildman–Crippen MR) is 220 cm³/mol. The normalized spacial score (nSPS) is 16.0. The largest absolute Gasteiger partial charge is 0.504 e. The van der Waals surface area contributed by atoms with E-state index in [2.05, 4.69) is 10.4 Å². The molecule has 310 valence electrons. The smallest absolute Gasteiger partial charge is 0.410 e. The second-order valence-corrected chi connectivity index (χ2v) is 15.4. The lowest BCUT2D eigenvalue weighted by Crippen LogP contribution is -2.48. The standard InChI is InChI=1S/C45H50FN5O8/c1-45(2,3)58-44(54)51(28-30-11-9-29(10-12-30)13-18-40(53)49-59-41-8-6-7-23-57-41)34-19-21-50(22-20-34)39-26-38(56-5)42(31-16-17-37(55-4)36(52)25-31)43(48-39)32-14-15-33(27-47)35(46)24-32/h9-18,24-26,34,41,52H,6-8,19-23,28H2,1-5H3,(H,49,53)/b18-13+. The maximum Gasteiger partial charge on any atom is 0.410 e. The summed E-state index contributed by atoms with van der Waals surface area (Å²) in [5.41, 5.74) is 5.21. The molecule has 1 unspecified atom stereocenters. The van der Waals surface area contributed by atoms with Crippen molar-refractivity contribution in [2.24, 2.45) is 0 Å². The fourth-order valence-corrected chi connectivity index (χ4v) is 7.05. The number of aromatic nitrogens is 1. The average molecular weight is 808 g/mol. The number of benzene rings is 3. The van der Waals surface area contributed by atoms with Crippen molar-refractivity contribution in [1.82, 2.24) is 15.4 Å². The number of anilines is 1. The molecule has 0 aliphatic carbocycles. The van der Waals surface area contributed by atoms with E-state index >= 15 is 4.39 Å². The van der Waals surface area contributed by atoms with Crippen LogP contribution in [0.25, 0.3) is 28.5 Å². The van der Waals surface area contributed by atoms with Crippen LogP contribution in [0.15, 0.2) is 72.8 Å². The van der Waals surface area contributed by atoms with Crippen molar-refractivity contribution >= 4 is 23.9 Å². The van der Waals surface area contributed by atoms with E-state index in [9.17, 15) is 20.0 Å². The average Bonchev–Trinajstić information content (AvgIpc) is 3.23. The molecule has 1 aromatic heterocycles. The van der Waals surface area contributed by atoms with Crippen molar-refractivity contribution in [2.75, 3.05) is 38.8 Å². The third kappa shape index (κ3) is 10.9. The molecule has 2 aliphatic rings. The van der Waals surface area contributed by atoms with Gasteiger partial charge in [-0.2, -0.15) is 5.26 Å². The predicted octanol–water partition coefficient (Wildman–Crippen LogP) is 8.14. The van der Waals surface area contributed by atoms with Gasteiger partial charge in [0.1, 0.15) is 29.1 Å². The number of halogens is 1. The molecule has 6 rings (SSSR count). The summed E-state index contributed by atoms with van der Waals surface area (Å²) in [4.78, 5) is 40.3. The van der Waals surface area contributed by atoms with E-state index < -0.39 is 29.7 Å². The van der Waals surface area contributed by atoms with E-state index in [0.29, 0.717) is 73.0 Å². The van der Waals surface area contributed by atoms with Gasteiger partial charge in [0.05, 0.1) is 31.0 Å². The molecule has 13 nitrogen and oxygen atoms in total. The Morgan fingerprint density at radius 1 is 1.00 bits per heavy atom. The van der Waals surface area contributed by atoms with Crippen LogP contribution >= 0.6 is 0 Å². The van der Waals surface area contributed by atoms with Crippen molar-refractivity contribution in [3.63, 3.8) is 0 Å². The SMILES string of the molecule is COc1ccc(-c2c(OC)cc(N3CCC(N(Cc4ccc(/C=C/C(=O)NOC5CCCCO5)cc4)C(=O)OC(C)(C)C)CC3)nc2-c2ccc(C#N)c(F)c2)cc1O. The van der Waals surface area contributed by atoms with Crippen LogP contribution in [0.3, 0.4) is 0 Å². The molecule has 2 fully saturated rings. The first-order valence-corrected chi connectivity index (χ1v) is 19.6. The lowest BCUT2D eigenvalue weighted by molar-refractivity contribution is -0.198. The van der Waals surface area contributed by atoms with E-state index in [0.717, 1.165) is 30.4 Å². The molecular formula is C45H50FN5O8. The second kappa shape index (κ2) is 19.1. The Bertz CT molecular complexity index is 2190. The molecule has 4 aromatic rings. The number of ether oxygens (including phenoxy) is 4. The number of rotatable bonds is 12. The molecule has 2 aliphatic heterocycles.